The molecule has 4 heteroatoms. The Labute approximate surface area is 129 Å². The van der Waals surface area contributed by atoms with E-state index in [1.54, 1.807) is 11.3 Å². The van der Waals surface area contributed by atoms with Gasteiger partial charge in [0.2, 0.25) is 0 Å². The van der Waals surface area contributed by atoms with Crippen molar-refractivity contribution in [3.63, 3.8) is 0 Å². The van der Waals surface area contributed by atoms with Gasteiger partial charge in [0.05, 0.1) is 13.0 Å². The molecule has 0 aliphatic carbocycles. The van der Waals surface area contributed by atoms with Gasteiger partial charge >= 0.3 is 5.97 Å². The fraction of sp³-hybridized carbons (Fsp3) is 0.353. The Morgan fingerprint density at radius 3 is 2.76 bits per heavy atom. The standard InChI is InChI=1S/C17H19NO2S/c1-20-17(19)16-11-18(9-13-5-3-2-4-6-13)10-15(16)14-7-8-21-12-14/h2-8,12,15-16H,9-11H2,1H3/t15-,16+/m0/s1. The third-order valence-electron chi connectivity index (χ3n) is 4.12. The van der Waals surface area contributed by atoms with Crippen LogP contribution in [-0.4, -0.2) is 31.1 Å². The quantitative estimate of drug-likeness (QED) is 0.813. The van der Waals surface area contributed by atoms with Crippen LogP contribution >= 0.6 is 11.3 Å². The highest BCUT2D eigenvalue weighted by Gasteiger charge is 2.39. The van der Waals surface area contributed by atoms with Gasteiger partial charge < -0.3 is 4.74 Å². The number of hydrogen-bond acceptors (Lipinski definition) is 4. The molecule has 2 atom stereocenters. The second-order valence-electron chi connectivity index (χ2n) is 5.47. The van der Waals surface area contributed by atoms with Crippen LogP contribution in [0, 0.1) is 5.92 Å². The van der Waals surface area contributed by atoms with Crippen molar-refractivity contribution in [2.45, 2.75) is 12.5 Å². The minimum atomic E-state index is -0.0956. The second kappa shape index (κ2) is 6.41. The molecule has 1 aliphatic rings. The first-order valence-corrected chi connectivity index (χ1v) is 8.08. The van der Waals surface area contributed by atoms with Crippen LogP contribution in [0.3, 0.4) is 0 Å². The first-order chi connectivity index (χ1) is 10.3. The van der Waals surface area contributed by atoms with E-state index in [0.29, 0.717) is 0 Å². The molecular formula is C17H19NO2S. The molecule has 0 N–H and O–H groups in total. The van der Waals surface area contributed by atoms with Gasteiger partial charge in [-0.1, -0.05) is 30.3 Å². The van der Waals surface area contributed by atoms with Gasteiger partial charge in [0.15, 0.2) is 0 Å². The zero-order valence-corrected chi connectivity index (χ0v) is 12.9. The minimum Gasteiger partial charge on any atom is -0.469 e. The molecule has 0 spiro atoms. The van der Waals surface area contributed by atoms with E-state index in [2.05, 4.69) is 46.0 Å². The molecule has 0 bridgehead atoms. The topological polar surface area (TPSA) is 29.5 Å². The van der Waals surface area contributed by atoms with Gasteiger partial charge in [0.25, 0.3) is 0 Å². The van der Waals surface area contributed by atoms with E-state index in [9.17, 15) is 4.79 Å². The van der Waals surface area contributed by atoms with Gasteiger partial charge in [0.1, 0.15) is 0 Å². The Balaban J connectivity index is 1.76. The number of hydrogen-bond donors (Lipinski definition) is 0. The van der Waals surface area contributed by atoms with E-state index >= 15 is 0 Å². The molecule has 0 saturated carbocycles. The average Bonchev–Trinajstić information content (AvgIpc) is 3.16. The van der Waals surface area contributed by atoms with E-state index in [0.717, 1.165) is 19.6 Å². The number of ether oxygens (including phenoxy) is 1. The lowest BCUT2D eigenvalue weighted by Gasteiger charge is -2.15. The number of nitrogens with zero attached hydrogens (tertiary/aromatic N) is 1. The third-order valence-corrected chi connectivity index (χ3v) is 4.82. The number of benzene rings is 1. The summed E-state index contributed by atoms with van der Waals surface area (Å²) in [6, 6.07) is 12.5. The van der Waals surface area contributed by atoms with Crippen LogP contribution in [0.2, 0.25) is 0 Å². The van der Waals surface area contributed by atoms with Gasteiger partial charge in [-0.2, -0.15) is 11.3 Å². The highest BCUT2D eigenvalue weighted by atomic mass is 32.1. The normalized spacial score (nSPS) is 22.3. The van der Waals surface area contributed by atoms with Crippen LogP contribution in [0.15, 0.2) is 47.2 Å². The Bertz CT molecular complexity index is 582. The van der Waals surface area contributed by atoms with Crippen molar-refractivity contribution in [1.29, 1.82) is 0 Å². The van der Waals surface area contributed by atoms with Gasteiger partial charge in [-0.15, -0.1) is 0 Å². The molecular weight excluding hydrogens is 282 g/mol. The molecule has 2 heterocycles. The molecule has 2 aromatic rings. The number of carbonyl (C=O) groups excluding carboxylic acids is 1. The molecule has 0 amide bonds. The summed E-state index contributed by atoms with van der Waals surface area (Å²) in [4.78, 5) is 14.4. The molecule has 1 aromatic carbocycles. The van der Waals surface area contributed by atoms with Crippen LogP contribution in [-0.2, 0) is 16.1 Å². The maximum absolute atomic E-state index is 12.1. The summed E-state index contributed by atoms with van der Waals surface area (Å²) >= 11 is 1.68. The number of carbonyl (C=O) groups is 1. The lowest BCUT2D eigenvalue weighted by atomic mass is 9.91. The summed E-state index contributed by atoms with van der Waals surface area (Å²) in [5.41, 5.74) is 2.54. The van der Waals surface area contributed by atoms with E-state index in [1.807, 2.05) is 6.07 Å². The van der Waals surface area contributed by atoms with Crippen LogP contribution in [0.1, 0.15) is 17.0 Å². The van der Waals surface area contributed by atoms with E-state index in [-0.39, 0.29) is 17.8 Å². The predicted molar refractivity (Wildman–Crippen MR) is 84.3 cm³/mol. The summed E-state index contributed by atoms with van der Waals surface area (Å²) in [6.07, 6.45) is 0. The number of likely N-dealkylation sites (tertiary alicyclic amines) is 1. The van der Waals surface area contributed by atoms with Crippen molar-refractivity contribution in [1.82, 2.24) is 4.90 Å². The zero-order valence-electron chi connectivity index (χ0n) is 12.1. The molecule has 3 rings (SSSR count). The summed E-state index contributed by atoms with van der Waals surface area (Å²) in [6.45, 7) is 2.56. The van der Waals surface area contributed by atoms with Crippen molar-refractivity contribution in [2.24, 2.45) is 5.92 Å². The van der Waals surface area contributed by atoms with Crippen LogP contribution in [0.4, 0.5) is 0 Å². The number of methoxy groups -OCH3 is 1. The lowest BCUT2D eigenvalue weighted by molar-refractivity contribution is -0.145. The van der Waals surface area contributed by atoms with Crippen molar-refractivity contribution >= 4 is 17.3 Å². The summed E-state index contributed by atoms with van der Waals surface area (Å²) in [7, 11) is 1.48. The number of esters is 1. The fourth-order valence-electron chi connectivity index (χ4n) is 3.07. The first-order valence-electron chi connectivity index (χ1n) is 7.14. The highest BCUT2D eigenvalue weighted by molar-refractivity contribution is 7.08. The summed E-state index contributed by atoms with van der Waals surface area (Å²) < 4.78 is 5.00. The Hall–Kier alpha value is -1.65. The zero-order chi connectivity index (χ0) is 14.7. The molecule has 1 aromatic heterocycles. The van der Waals surface area contributed by atoms with Gasteiger partial charge in [-0.25, -0.2) is 0 Å². The largest absolute Gasteiger partial charge is 0.469 e. The predicted octanol–water partition coefficient (Wildman–Crippen LogP) is 3.14. The highest BCUT2D eigenvalue weighted by Crippen LogP contribution is 2.35. The van der Waals surface area contributed by atoms with Gasteiger partial charge in [0, 0.05) is 25.6 Å². The van der Waals surface area contributed by atoms with Crippen LogP contribution < -0.4 is 0 Å². The molecule has 21 heavy (non-hydrogen) atoms. The molecule has 1 fully saturated rings. The van der Waals surface area contributed by atoms with Gasteiger partial charge in [-0.3, -0.25) is 9.69 Å². The summed E-state index contributed by atoms with van der Waals surface area (Å²) in [5.74, 6) is 0.0856. The average molecular weight is 301 g/mol. The molecule has 1 aliphatic heterocycles. The number of rotatable bonds is 4. The van der Waals surface area contributed by atoms with Crippen molar-refractivity contribution in [2.75, 3.05) is 20.2 Å². The third kappa shape index (κ3) is 3.17. The lowest BCUT2D eigenvalue weighted by Crippen LogP contribution is -2.24. The van der Waals surface area contributed by atoms with Crippen LogP contribution in [0.5, 0.6) is 0 Å². The van der Waals surface area contributed by atoms with Crippen molar-refractivity contribution < 1.29 is 9.53 Å². The van der Waals surface area contributed by atoms with E-state index in [1.165, 1.54) is 18.2 Å². The van der Waals surface area contributed by atoms with E-state index in [4.69, 9.17) is 4.74 Å². The summed E-state index contributed by atoms with van der Waals surface area (Å²) in [5, 5.41) is 4.22. The monoisotopic (exact) mass is 301 g/mol. The Kier molecular flexibility index (Phi) is 4.36. The second-order valence-corrected chi connectivity index (χ2v) is 6.25. The first kappa shape index (κ1) is 14.3. The molecule has 0 radical (unpaired) electrons. The van der Waals surface area contributed by atoms with Gasteiger partial charge in [-0.05, 0) is 28.0 Å². The fourth-order valence-corrected chi connectivity index (χ4v) is 3.79. The van der Waals surface area contributed by atoms with Crippen molar-refractivity contribution in [3.05, 3.63) is 58.3 Å². The molecule has 1 saturated heterocycles. The maximum Gasteiger partial charge on any atom is 0.310 e. The smallest absolute Gasteiger partial charge is 0.310 e. The maximum atomic E-state index is 12.1. The molecule has 110 valence electrons. The minimum absolute atomic E-state index is 0.0617. The Morgan fingerprint density at radius 2 is 2.10 bits per heavy atom. The molecule has 0 unspecified atom stereocenters. The van der Waals surface area contributed by atoms with Crippen LogP contribution in [0.25, 0.3) is 0 Å². The van der Waals surface area contributed by atoms with Crippen molar-refractivity contribution in [3.8, 4) is 0 Å². The Morgan fingerprint density at radius 1 is 1.29 bits per heavy atom. The van der Waals surface area contributed by atoms with E-state index < -0.39 is 0 Å². The molecule has 3 nitrogen and oxygen atoms in total. The number of thiophene rings is 1. The SMILES string of the molecule is COC(=O)[C@@H]1CN(Cc2ccccc2)C[C@H]1c1ccsc1.